The Labute approximate surface area is 104 Å². The van der Waals surface area contributed by atoms with Crippen molar-refractivity contribution in [2.45, 2.75) is 25.0 Å². The Morgan fingerprint density at radius 1 is 1.41 bits per heavy atom. The van der Waals surface area contributed by atoms with Crippen LogP contribution < -0.4 is 5.73 Å². The van der Waals surface area contributed by atoms with Crippen molar-refractivity contribution in [3.05, 3.63) is 18.5 Å². The number of hydrogen-bond acceptors (Lipinski definition) is 5. The summed E-state index contributed by atoms with van der Waals surface area (Å²) in [6.07, 6.45) is 5.60. The fraction of sp³-hybridized carbons (Fsp3) is 0.364. The first-order chi connectivity index (χ1) is 8.11. The predicted molar refractivity (Wildman–Crippen MR) is 69.8 cm³/mol. The SMILES string of the molecule is CSc1nccc(-c2cn(C(C)C)nc2N)n1. The number of anilines is 1. The van der Waals surface area contributed by atoms with Crippen LogP contribution in [0.5, 0.6) is 0 Å². The van der Waals surface area contributed by atoms with Crippen LogP contribution in [0.1, 0.15) is 19.9 Å². The summed E-state index contributed by atoms with van der Waals surface area (Å²) in [5.41, 5.74) is 7.57. The van der Waals surface area contributed by atoms with Gasteiger partial charge in [-0.3, -0.25) is 4.68 Å². The normalized spacial score (nSPS) is 11.1. The molecule has 2 aromatic rings. The maximum absolute atomic E-state index is 5.90. The summed E-state index contributed by atoms with van der Waals surface area (Å²) in [4.78, 5) is 8.55. The van der Waals surface area contributed by atoms with Crippen molar-refractivity contribution in [3.8, 4) is 11.3 Å². The summed E-state index contributed by atoms with van der Waals surface area (Å²) >= 11 is 1.51. The zero-order chi connectivity index (χ0) is 12.4. The van der Waals surface area contributed by atoms with Gasteiger partial charge in [0.25, 0.3) is 0 Å². The number of rotatable bonds is 3. The first kappa shape index (κ1) is 11.9. The molecule has 0 spiro atoms. The third-order valence-corrected chi connectivity index (χ3v) is 2.94. The molecule has 6 heteroatoms. The molecule has 2 N–H and O–H groups in total. The molecular formula is C11H15N5S. The second-order valence-corrected chi connectivity index (χ2v) is 4.70. The van der Waals surface area contributed by atoms with Crippen LogP contribution in [-0.4, -0.2) is 26.0 Å². The topological polar surface area (TPSA) is 69.6 Å². The van der Waals surface area contributed by atoms with E-state index in [0.29, 0.717) is 5.82 Å². The van der Waals surface area contributed by atoms with Crippen LogP contribution in [0.2, 0.25) is 0 Å². The van der Waals surface area contributed by atoms with Crippen molar-refractivity contribution in [1.82, 2.24) is 19.7 Å². The summed E-state index contributed by atoms with van der Waals surface area (Å²) in [7, 11) is 0. The quantitative estimate of drug-likeness (QED) is 0.667. The maximum atomic E-state index is 5.90. The molecule has 2 aromatic heterocycles. The highest BCUT2D eigenvalue weighted by Gasteiger charge is 2.11. The highest BCUT2D eigenvalue weighted by atomic mass is 32.2. The number of hydrogen-bond donors (Lipinski definition) is 1. The Morgan fingerprint density at radius 3 is 2.76 bits per heavy atom. The van der Waals surface area contributed by atoms with Crippen molar-refractivity contribution in [3.63, 3.8) is 0 Å². The largest absolute Gasteiger partial charge is 0.382 e. The molecule has 2 heterocycles. The minimum atomic E-state index is 0.285. The molecule has 90 valence electrons. The lowest BCUT2D eigenvalue weighted by molar-refractivity contribution is 0.534. The number of nitrogen functional groups attached to an aromatic ring is 1. The van der Waals surface area contributed by atoms with Crippen LogP contribution in [0, 0.1) is 0 Å². The molecule has 0 aliphatic heterocycles. The third kappa shape index (κ3) is 2.41. The van der Waals surface area contributed by atoms with Gasteiger partial charge in [0, 0.05) is 18.4 Å². The monoisotopic (exact) mass is 249 g/mol. The molecule has 0 unspecified atom stereocenters. The van der Waals surface area contributed by atoms with E-state index in [0.717, 1.165) is 16.4 Å². The molecule has 0 aliphatic carbocycles. The van der Waals surface area contributed by atoms with E-state index in [9.17, 15) is 0 Å². The fourth-order valence-electron chi connectivity index (χ4n) is 1.46. The van der Waals surface area contributed by atoms with E-state index >= 15 is 0 Å². The van der Waals surface area contributed by atoms with Crippen LogP contribution in [0.25, 0.3) is 11.3 Å². The summed E-state index contributed by atoms with van der Waals surface area (Å²) in [5, 5.41) is 5.00. The molecule has 0 radical (unpaired) electrons. The van der Waals surface area contributed by atoms with Crippen LogP contribution in [0.15, 0.2) is 23.6 Å². The predicted octanol–water partition coefficient (Wildman–Crippen LogP) is 2.23. The van der Waals surface area contributed by atoms with Crippen LogP contribution in [-0.2, 0) is 0 Å². The molecule has 0 fully saturated rings. The van der Waals surface area contributed by atoms with Crippen molar-refractivity contribution >= 4 is 17.6 Å². The van der Waals surface area contributed by atoms with Crippen LogP contribution in [0.4, 0.5) is 5.82 Å². The van der Waals surface area contributed by atoms with E-state index in [1.165, 1.54) is 11.8 Å². The van der Waals surface area contributed by atoms with Crippen molar-refractivity contribution in [2.75, 3.05) is 12.0 Å². The molecule has 17 heavy (non-hydrogen) atoms. The average molecular weight is 249 g/mol. The Hall–Kier alpha value is -1.56. The van der Waals surface area contributed by atoms with Gasteiger partial charge in [0.05, 0.1) is 11.3 Å². The van der Waals surface area contributed by atoms with E-state index in [4.69, 9.17) is 5.73 Å². The van der Waals surface area contributed by atoms with Gasteiger partial charge in [-0.05, 0) is 26.2 Å². The smallest absolute Gasteiger partial charge is 0.187 e. The lowest BCUT2D eigenvalue weighted by atomic mass is 10.2. The van der Waals surface area contributed by atoms with E-state index in [-0.39, 0.29) is 6.04 Å². The lowest BCUT2D eigenvalue weighted by Gasteiger charge is -2.02. The van der Waals surface area contributed by atoms with E-state index < -0.39 is 0 Å². The van der Waals surface area contributed by atoms with Gasteiger partial charge in [0.2, 0.25) is 0 Å². The van der Waals surface area contributed by atoms with Crippen molar-refractivity contribution < 1.29 is 0 Å². The molecule has 0 aliphatic rings. The average Bonchev–Trinajstić information content (AvgIpc) is 2.72. The number of aromatic nitrogens is 4. The van der Waals surface area contributed by atoms with Gasteiger partial charge in [-0.1, -0.05) is 11.8 Å². The number of thioether (sulfide) groups is 1. The van der Waals surface area contributed by atoms with Gasteiger partial charge in [0.15, 0.2) is 11.0 Å². The summed E-state index contributed by atoms with van der Waals surface area (Å²) in [6.45, 7) is 4.12. The molecule has 2 rings (SSSR count). The van der Waals surface area contributed by atoms with Gasteiger partial charge in [-0.2, -0.15) is 5.10 Å². The second-order valence-electron chi connectivity index (χ2n) is 3.93. The number of nitrogens with two attached hydrogens (primary N) is 1. The molecule has 0 atom stereocenters. The molecule has 0 saturated heterocycles. The molecule has 0 bridgehead atoms. The molecular weight excluding hydrogens is 234 g/mol. The third-order valence-electron chi connectivity index (χ3n) is 2.38. The van der Waals surface area contributed by atoms with E-state index in [1.807, 2.05) is 23.2 Å². The summed E-state index contributed by atoms with van der Waals surface area (Å²) < 4.78 is 1.84. The molecule has 0 saturated carbocycles. The van der Waals surface area contributed by atoms with Crippen LogP contribution >= 0.6 is 11.8 Å². The first-order valence-electron chi connectivity index (χ1n) is 5.34. The minimum absolute atomic E-state index is 0.285. The van der Waals surface area contributed by atoms with Gasteiger partial charge in [-0.25, -0.2) is 9.97 Å². The Balaban J connectivity index is 2.45. The minimum Gasteiger partial charge on any atom is -0.382 e. The summed E-state index contributed by atoms with van der Waals surface area (Å²) in [5.74, 6) is 0.504. The van der Waals surface area contributed by atoms with E-state index in [1.54, 1.807) is 6.20 Å². The van der Waals surface area contributed by atoms with Crippen molar-refractivity contribution in [2.24, 2.45) is 0 Å². The Kier molecular flexibility index (Phi) is 3.33. The van der Waals surface area contributed by atoms with Gasteiger partial charge >= 0.3 is 0 Å². The van der Waals surface area contributed by atoms with Gasteiger partial charge in [-0.15, -0.1) is 0 Å². The highest BCUT2D eigenvalue weighted by molar-refractivity contribution is 7.98. The highest BCUT2D eigenvalue weighted by Crippen LogP contribution is 2.25. The van der Waals surface area contributed by atoms with Crippen molar-refractivity contribution in [1.29, 1.82) is 0 Å². The number of nitrogens with zero attached hydrogens (tertiary/aromatic N) is 4. The fourth-order valence-corrected chi connectivity index (χ4v) is 1.81. The summed E-state index contributed by atoms with van der Waals surface area (Å²) in [6, 6.07) is 2.13. The van der Waals surface area contributed by atoms with Gasteiger partial charge in [0.1, 0.15) is 0 Å². The standard InChI is InChI=1S/C11H15N5S/c1-7(2)16-6-8(10(12)15-16)9-4-5-13-11(14-9)17-3/h4-7H,1-3H3,(H2,12,15). The first-order valence-corrected chi connectivity index (χ1v) is 6.56. The molecule has 5 nitrogen and oxygen atoms in total. The van der Waals surface area contributed by atoms with Crippen LogP contribution in [0.3, 0.4) is 0 Å². The molecule has 0 amide bonds. The van der Waals surface area contributed by atoms with Gasteiger partial charge < -0.3 is 5.73 Å². The Bertz CT molecular complexity index is 520. The Morgan fingerprint density at radius 2 is 2.18 bits per heavy atom. The maximum Gasteiger partial charge on any atom is 0.187 e. The zero-order valence-electron chi connectivity index (χ0n) is 10.1. The lowest BCUT2D eigenvalue weighted by Crippen LogP contribution is -2.01. The second kappa shape index (κ2) is 4.75. The van der Waals surface area contributed by atoms with E-state index in [2.05, 4.69) is 28.9 Å². The zero-order valence-corrected chi connectivity index (χ0v) is 10.9. The molecule has 0 aromatic carbocycles.